The molecule has 30 heavy (non-hydrogen) atoms. The number of ketones is 1. The maximum atomic E-state index is 13.1. The molecule has 2 aliphatic carbocycles. The lowest BCUT2D eigenvalue weighted by Gasteiger charge is -2.40. The monoisotopic (exact) mass is 407 g/mol. The third-order valence-corrected chi connectivity index (χ3v) is 7.58. The van der Waals surface area contributed by atoms with Crippen molar-refractivity contribution >= 4 is 5.78 Å². The van der Waals surface area contributed by atoms with E-state index in [0.29, 0.717) is 11.5 Å². The number of para-hydroxylation sites is 1. The first kappa shape index (κ1) is 19.7. The molecule has 3 nitrogen and oxygen atoms in total. The number of nitrogens with zero attached hydrogens (tertiary/aromatic N) is 1. The highest BCUT2D eigenvalue weighted by Crippen LogP contribution is 2.47. The molecule has 0 amide bonds. The number of Topliss-reactive ketones (excluding diaryl/α,β-unsaturated/α-hetero) is 1. The van der Waals surface area contributed by atoms with Gasteiger partial charge in [0.05, 0.1) is 0 Å². The largest absolute Gasteiger partial charge is 0.485 e. The number of carbonyl (C=O) groups excluding carboxylic acids is 1. The van der Waals surface area contributed by atoms with Gasteiger partial charge in [0.15, 0.2) is 12.4 Å². The molecule has 5 rings (SSSR count). The van der Waals surface area contributed by atoms with Gasteiger partial charge in [0.25, 0.3) is 0 Å². The zero-order chi connectivity index (χ0) is 20.5. The molecular formula is C26H30FNO2. The summed E-state index contributed by atoms with van der Waals surface area (Å²) in [7, 11) is 0. The fraction of sp³-hybridized carbons (Fsp3) is 0.500. The number of piperidine rings is 1. The Balaban J connectivity index is 1.20. The summed E-state index contributed by atoms with van der Waals surface area (Å²) < 4.78 is 19.0. The number of likely N-dealkylation sites (tertiary alicyclic amines) is 1. The molecule has 2 aromatic carbocycles. The van der Waals surface area contributed by atoms with Crippen LogP contribution in [0.3, 0.4) is 0 Å². The Morgan fingerprint density at radius 1 is 0.967 bits per heavy atom. The minimum absolute atomic E-state index is 0.0212. The number of ether oxygens (including phenoxy) is 1. The van der Waals surface area contributed by atoms with Gasteiger partial charge >= 0.3 is 0 Å². The fourth-order valence-electron chi connectivity index (χ4n) is 6.01. The minimum atomic E-state index is -0.338. The summed E-state index contributed by atoms with van der Waals surface area (Å²) in [6, 6.07) is 14.6. The Hall–Kier alpha value is -2.20. The predicted molar refractivity (Wildman–Crippen MR) is 115 cm³/mol. The highest BCUT2D eigenvalue weighted by molar-refractivity contribution is 5.97. The number of hydrogen-bond acceptors (Lipinski definition) is 3. The van der Waals surface area contributed by atoms with Crippen LogP contribution in [0.5, 0.6) is 5.75 Å². The lowest BCUT2D eigenvalue weighted by atomic mass is 9.86. The topological polar surface area (TPSA) is 29.5 Å². The van der Waals surface area contributed by atoms with Crippen molar-refractivity contribution in [1.82, 2.24) is 4.90 Å². The minimum Gasteiger partial charge on any atom is -0.485 e. The molecule has 0 radical (unpaired) electrons. The molecule has 1 saturated heterocycles. The molecule has 2 aromatic rings. The molecule has 0 spiro atoms. The summed E-state index contributed by atoms with van der Waals surface area (Å²) in [6.45, 7) is 2.31. The Bertz CT molecular complexity index is 888. The van der Waals surface area contributed by atoms with Crippen molar-refractivity contribution in [2.24, 2.45) is 11.8 Å². The van der Waals surface area contributed by atoms with E-state index in [1.54, 1.807) is 0 Å². The SMILES string of the molecule is O=C(COc1ccccc1C1CCN([C@H]2CC3CCC2C3)CC1)c1ccc(F)cc1. The van der Waals surface area contributed by atoms with E-state index in [1.807, 2.05) is 12.1 Å². The Kier molecular flexibility index (Phi) is 5.60. The van der Waals surface area contributed by atoms with Crippen molar-refractivity contribution in [2.75, 3.05) is 19.7 Å². The van der Waals surface area contributed by atoms with Crippen LogP contribution in [0.25, 0.3) is 0 Å². The molecule has 2 unspecified atom stereocenters. The van der Waals surface area contributed by atoms with Crippen LogP contribution in [-0.2, 0) is 0 Å². The second kappa shape index (κ2) is 8.50. The first-order chi connectivity index (χ1) is 14.7. The highest BCUT2D eigenvalue weighted by Gasteiger charge is 2.43. The van der Waals surface area contributed by atoms with Gasteiger partial charge in [-0.1, -0.05) is 24.6 Å². The molecule has 3 fully saturated rings. The van der Waals surface area contributed by atoms with E-state index >= 15 is 0 Å². The number of halogens is 1. The summed E-state index contributed by atoms with van der Waals surface area (Å²) in [5.74, 6) is 2.76. The Labute approximate surface area is 178 Å². The number of rotatable bonds is 6. The third kappa shape index (κ3) is 4.02. The first-order valence-electron chi connectivity index (χ1n) is 11.4. The van der Waals surface area contributed by atoms with E-state index in [0.717, 1.165) is 36.5 Å². The van der Waals surface area contributed by atoms with Crippen LogP contribution in [0.15, 0.2) is 48.5 Å². The maximum absolute atomic E-state index is 13.1. The van der Waals surface area contributed by atoms with E-state index < -0.39 is 0 Å². The van der Waals surface area contributed by atoms with E-state index in [2.05, 4.69) is 17.0 Å². The van der Waals surface area contributed by atoms with E-state index in [9.17, 15) is 9.18 Å². The number of carbonyl (C=O) groups is 1. The molecule has 2 saturated carbocycles. The number of hydrogen-bond donors (Lipinski definition) is 0. The molecular weight excluding hydrogens is 377 g/mol. The average molecular weight is 408 g/mol. The van der Waals surface area contributed by atoms with Gasteiger partial charge in [-0.3, -0.25) is 4.79 Å². The molecule has 2 bridgehead atoms. The van der Waals surface area contributed by atoms with Crippen molar-refractivity contribution in [1.29, 1.82) is 0 Å². The lowest BCUT2D eigenvalue weighted by Crippen LogP contribution is -2.43. The second-order valence-corrected chi connectivity index (χ2v) is 9.31. The molecule has 1 aliphatic heterocycles. The number of fused-ring (bicyclic) bond motifs is 2. The third-order valence-electron chi connectivity index (χ3n) is 7.58. The van der Waals surface area contributed by atoms with Crippen LogP contribution >= 0.6 is 0 Å². The van der Waals surface area contributed by atoms with Crippen LogP contribution in [0.4, 0.5) is 4.39 Å². The summed E-state index contributed by atoms with van der Waals surface area (Å²) >= 11 is 0. The Morgan fingerprint density at radius 3 is 2.43 bits per heavy atom. The van der Waals surface area contributed by atoms with Gasteiger partial charge in [-0.25, -0.2) is 4.39 Å². The zero-order valence-electron chi connectivity index (χ0n) is 17.4. The van der Waals surface area contributed by atoms with Crippen LogP contribution in [-0.4, -0.2) is 36.4 Å². The smallest absolute Gasteiger partial charge is 0.200 e. The molecule has 3 atom stereocenters. The molecule has 158 valence electrons. The van der Waals surface area contributed by atoms with Gasteiger partial charge in [-0.15, -0.1) is 0 Å². The van der Waals surface area contributed by atoms with Crippen molar-refractivity contribution < 1.29 is 13.9 Å². The zero-order valence-corrected chi connectivity index (χ0v) is 17.4. The van der Waals surface area contributed by atoms with Crippen LogP contribution in [0, 0.1) is 17.7 Å². The predicted octanol–water partition coefficient (Wildman–Crippen LogP) is 5.46. The average Bonchev–Trinajstić information content (AvgIpc) is 3.42. The van der Waals surface area contributed by atoms with Gasteiger partial charge < -0.3 is 9.64 Å². The normalized spacial score (nSPS) is 26.8. The second-order valence-electron chi connectivity index (χ2n) is 9.31. The van der Waals surface area contributed by atoms with E-state index in [4.69, 9.17) is 4.74 Å². The summed E-state index contributed by atoms with van der Waals surface area (Å²) in [4.78, 5) is 15.2. The van der Waals surface area contributed by atoms with Crippen molar-refractivity contribution in [2.45, 2.75) is 50.5 Å². The summed E-state index contributed by atoms with van der Waals surface area (Å²) in [6.07, 6.45) is 8.08. The molecule has 3 aliphatic rings. The maximum Gasteiger partial charge on any atom is 0.200 e. The standard InChI is InChI=1S/C26H30FNO2/c27-22-9-7-20(8-10-22)25(29)17-30-26-4-2-1-3-23(26)19-11-13-28(14-12-19)24-16-18-5-6-21(24)15-18/h1-4,7-10,18-19,21,24H,5-6,11-17H2/t18?,21?,24-/m0/s1. The number of benzene rings is 2. The van der Waals surface area contributed by atoms with E-state index in [1.165, 1.54) is 68.6 Å². The van der Waals surface area contributed by atoms with Crippen molar-refractivity contribution in [3.05, 3.63) is 65.5 Å². The molecule has 0 aromatic heterocycles. The van der Waals surface area contributed by atoms with Crippen molar-refractivity contribution in [3.63, 3.8) is 0 Å². The van der Waals surface area contributed by atoms with Crippen molar-refractivity contribution in [3.8, 4) is 5.75 Å². The summed E-state index contributed by atoms with van der Waals surface area (Å²) in [5, 5.41) is 0. The van der Waals surface area contributed by atoms with Crippen LogP contribution in [0.2, 0.25) is 0 Å². The fourth-order valence-corrected chi connectivity index (χ4v) is 6.01. The van der Waals surface area contributed by atoms with Gasteiger partial charge in [-0.05, 0) is 98.8 Å². The molecule has 0 N–H and O–H groups in total. The van der Waals surface area contributed by atoms with E-state index in [-0.39, 0.29) is 18.2 Å². The summed E-state index contributed by atoms with van der Waals surface area (Å²) in [5.41, 5.74) is 1.70. The quantitative estimate of drug-likeness (QED) is 0.596. The van der Waals surface area contributed by atoms with Crippen LogP contribution < -0.4 is 4.74 Å². The molecule has 1 heterocycles. The van der Waals surface area contributed by atoms with Gasteiger partial charge in [0, 0.05) is 11.6 Å². The lowest BCUT2D eigenvalue weighted by molar-refractivity contribution is 0.0917. The van der Waals surface area contributed by atoms with Gasteiger partial charge in [0.1, 0.15) is 11.6 Å². The van der Waals surface area contributed by atoms with Gasteiger partial charge in [0.2, 0.25) is 0 Å². The Morgan fingerprint density at radius 2 is 1.73 bits per heavy atom. The van der Waals surface area contributed by atoms with Gasteiger partial charge in [-0.2, -0.15) is 0 Å². The highest BCUT2D eigenvalue weighted by atomic mass is 19.1. The first-order valence-corrected chi connectivity index (χ1v) is 11.4. The molecule has 4 heteroatoms. The van der Waals surface area contributed by atoms with Crippen LogP contribution in [0.1, 0.15) is 60.4 Å².